The Balaban J connectivity index is 1.94. The molecule has 0 bridgehead atoms. The van der Waals surface area contributed by atoms with E-state index in [0.717, 1.165) is 24.9 Å². The number of piperidine rings is 1. The Kier molecular flexibility index (Phi) is 6.50. The molecule has 2 aliphatic rings. The van der Waals surface area contributed by atoms with Crippen LogP contribution in [0.2, 0.25) is 0 Å². The van der Waals surface area contributed by atoms with E-state index in [2.05, 4.69) is 6.92 Å². The van der Waals surface area contributed by atoms with Gasteiger partial charge in [0.1, 0.15) is 0 Å². The van der Waals surface area contributed by atoms with Crippen molar-refractivity contribution in [3.05, 3.63) is 29.3 Å². The molecule has 1 aliphatic heterocycles. The molecule has 1 aromatic rings. The van der Waals surface area contributed by atoms with Crippen LogP contribution in [0.4, 0.5) is 0 Å². The maximum absolute atomic E-state index is 13.5. The maximum Gasteiger partial charge on any atom is 0.254 e. The molecule has 1 saturated heterocycles. The van der Waals surface area contributed by atoms with Gasteiger partial charge < -0.3 is 4.90 Å². The van der Waals surface area contributed by atoms with Gasteiger partial charge in [0.2, 0.25) is 10.0 Å². The Hall–Kier alpha value is -1.40. The van der Waals surface area contributed by atoms with Crippen LogP contribution in [0, 0.1) is 18.8 Å². The van der Waals surface area contributed by atoms with Gasteiger partial charge in [0.25, 0.3) is 5.91 Å². The Morgan fingerprint density at radius 2 is 1.82 bits per heavy atom. The van der Waals surface area contributed by atoms with Gasteiger partial charge in [0, 0.05) is 31.2 Å². The van der Waals surface area contributed by atoms with Crippen molar-refractivity contribution < 1.29 is 13.2 Å². The molecule has 1 saturated carbocycles. The third-order valence-electron chi connectivity index (χ3n) is 6.78. The first-order chi connectivity index (χ1) is 13.3. The van der Waals surface area contributed by atoms with Gasteiger partial charge in [-0.25, -0.2) is 8.42 Å². The van der Waals surface area contributed by atoms with Gasteiger partial charge in [-0.3, -0.25) is 4.79 Å². The van der Waals surface area contributed by atoms with Crippen LogP contribution in [0.3, 0.4) is 0 Å². The predicted molar refractivity (Wildman–Crippen MR) is 112 cm³/mol. The van der Waals surface area contributed by atoms with Gasteiger partial charge in [-0.15, -0.1) is 0 Å². The van der Waals surface area contributed by atoms with E-state index < -0.39 is 10.0 Å². The van der Waals surface area contributed by atoms with Crippen LogP contribution < -0.4 is 0 Å². The fourth-order valence-electron chi connectivity index (χ4n) is 5.02. The second-order valence-electron chi connectivity index (χ2n) is 8.35. The molecule has 6 heteroatoms. The van der Waals surface area contributed by atoms with Crippen LogP contribution in [-0.2, 0) is 10.0 Å². The number of carbonyl (C=O) groups excluding carboxylic acids is 1. The lowest BCUT2D eigenvalue weighted by atomic mass is 9.72. The summed E-state index contributed by atoms with van der Waals surface area (Å²) in [5.41, 5.74) is 1.38. The van der Waals surface area contributed by atoms with E-state index in [1.807, 2.05) is 25.7 Å². The number of likely N-dealkylation sites (tertiary alicyclic amines) is 1. The zero-order valence-corrected chi connectivity index (χ0v) is 18.5. The molecular formula is C22H34N2O3S. The summed E-state index contributed by atoms with van der Waals surface area (Å²) < 4.78 is 27.3. The van der Waals surface area contributed by atoms with Crippen molar-refractivity contribution in [2.24, 2.45) is 11.8 Å². The van der Waals surface area contributed by atoms with Crippen LogP contribution in [0.15, 0.2) is 23.1 Å². The van der Waals surface area contributed by atoms with Crippen LogP contribution in [-0.4, -0.2) is 49.2 Å². The largest absolute Gasteiger partial charge is 0.335 e. The second kappa shape index (κ2) is 8.54. The van der Waals surface area contributed by atoms with Gasteiger partial charge in [0.05, 0.1) is 4.90 Å². The standard InChI is InChI=1S/C22H34N2O3S/c1-5-23(6-2)28(26,27)18-12-11-16(3)20(15-18)22(25)24-14-13-17(4)19-9-7-8-10-21(19)24/h11-12,15,17,19,21H,5-10,13-14H2,1-4H3. The van der Waals surface area contributed by atoms with Crippen LogP contribution in [0.5, 0.6) is 0 Å². The quantitative estimate of drug-likeness (QED) is 0.741. The highest BCUT2D eigenvalue weighted by Crippen LogP contribution is 2.39. The minimum atomic E-state index is -3.57. The molecule has 5 nitrogen and oxygen atoms in total. The molecule has 0 N–H and O–H groups in total. The monoisotopic (exact) mass is 406 g/mol. The smallest absolute Gasteiger partial charge is 0.254 e. The van der Waals surface area contributed by atoms with Crippen LogP contribution in [0.1, 0.15) is 68.8 Å². The molecular weight excluding hydrogens is 372 g/mol. The van der Waals surface area contributed by atoms with E-state index in [9.17, 15) is 13.2 Å². The highest BCUT2D eigenvalue weighted by Gasteiger charge is 2.40. The molecule has 28 heavy (non-hydrogen) atoms. The van der Waals surface area contributed by atoms with Crippen molar-refractivity contribution in [2.75, 3.05) is 19.6 Å². The first-order valence-electron chi connectivity index (χ1n) is 10.7. The number of aryl methyl sites for hydroxylation is 1. The summed E-state index contributed by atoms with van der Waals surface area (Å²) in [6.45, 7) is 9.49. The molecule has 156 valence electrons. The lowest BCUT2D eigenvalue weighted by Crippen LogP contribution is -2.52. The lowest BCUT2D eigenvalue weighted by molar-refractivity contribution is 0.0217. The fraction of sp³-hybridized carbons (Fsp3) is 0.682. The third kappa shape index (κ3) is 3.86. The zero-order valence-electron chi connectivity index (χ0n) is 17.6. The van der Waals surface area contributed by atoms with Gasteiger partial charge in [0.15, 0.2) is 0 Å². The number of hydrogen-bond donors (Lipinski definition) is 0. The van der Waals surface area contributed by atoms with Crippen molar-refractivity contribution in [3.8, 4) is 0 Å². The Morgan fingerprint density at radius 1 is 1.14 bits per heavy atom. The predicted octanol–water partition coefficient (Wildman–Crippen LogP) is 4.07. The minimum absolute atomic E-state index is 0.00195. The number of sulfonamides is 1. The van der Waals surface area contributed by atoms with Gasteiger partial charge in [-0.1, -0.05) is 39.7 Å². The van der Waals surface area contributed by atoms with E-state index in [1.54, 1.807) is 18.2 Å². The molecule has 0 radical (unpaired) electrons. The highest BCUT2D eigenvalue weighted by atomic mass is 32.2. The molecule has 1 amide bonds. The molecule has 3 rings (SSSR count). The maximum atomic E-state index is 13.5. The molecule has 0 spiro atoms. The molecule has 1 aromatic carbocycles. The average Bonchev–Trinajstić information content (AvgIpc) is 2.69. The summed E-state index contributed by atoms with van der Waals surface area (Å²) in [7, 11) is -3.57. The molecule has 1 heterocycles. The van der Waals surface area contributed by atoms with E-state index >= 15 is 0 Å². The summed E-state index contributed by atoms with van der Waals surface area (Å²) in [6.07, 6.45) is 5.72. The van der Waals surface area contributed by atoms with E-state index in [1.165, 1.54) is 23.6 Å². The van der Waals surface area contributed by atoms with Crippen LogP contribution in [0.25, 0.3) is 0 Å². The van der Waals surface area contributed by atoms with E-state index in [-0.39, 0.29) is 10.8 Å². The molecule has 1 aliphatic carbocycles. The second-order valence-corrected chi connectivity index (χ2v) is 10.3. The first kappa shape index (κ1) is 21.3. The van der Waals surface area contributed by atoms with E-state index in [4.69, 9.17) is 0 Å². The van der Waals surface area contributed by atoms with Gasteiger partial charge >= 0.3 is 0 Å². The molecule has 3 unspecified atom stereocenters. The van der Waals surface area contributed by atoms with E-state index in [0.29, 0.717) is 36.5 Å². The Labute approximate surface area is 170 Å². The first-order valence-corrected chi connectivity index (χ1v) is 12.2. The van der Waals surface area contributed by atoms with Gasteiger partial charge in [-0.2, -0.15) is 4.31 Å². The van der Waals surface area contributed by atoms with Crippen molar-refractivity contribution >= 4 is 15.9 Å². The normalized spacial score (nSPS) is 25.6. The van der Waals surface area contributed by atoms with Crippen molar-refractivity contribution in [1.82, 2.24) is 9.21 Å². The molecule has 3 atom stereocenters. The topological polar surface area (TPSA) is 57.7 Å². The average molecular weight is 407 g/mol. The number of carbonyl (C=O) groups is 1. The number of hydrogen-bond acceptors (Lipinski definition) is 3. The number of benzene rings is 1. The number of fused-ring (bicyclic) bond motifs is 1. The van der Waals surface area contributed by atoms with Crippen molar-refractivity contribution in [3.63, 3.8) is 0 Å². The third-order valence-corrected chi connectivity index (χ3v) is 8.83. The fourth-order valence-corrected chi connectivity index (χ4v) is 6.51. The summed E-state index contributed by atoms with van der Waals surface area (Å²) >= 11 is 0. The highest BCUT2D eigenvalue weighted by molar-refractivity contribution is 7.89. The SMILES string of the molecule is CCN(CC)S(=O)(=O)c1ccc(C)c(C(=O)N2CCC(C)C3CCCCC32)c1. The van der Waals surface area contributed by atoms with Crippen LogP contribution >= 0.6 is 0 Å². The number of amides is 1. The Morgan fingerprint density at radius 3 is 2.50 bits per heavy atom. The van der Waals surface area contributed by atoms with Crippen molar-refractivity contribution in [1.29, 1.82) is 0 Å². The van der Waals surface area contributed by atoms with Gasteiger partial charge in [-0.05, 0) is 55.7 Å². The lowest BCUT2D eigenvalue weighted by Gasteiger charge is -2.47. The molecule has 2 fully saturated rings. The number of rotatable bonds is 5. The Bertz CT molecular complexity index is 817. The minimum Gasteiger partial charge on any atom is -0.335 e. The summed E-state index contributed by atoms with van der Waals surface area (Å²) in [5.74, 6) is 1.23. The number of nitrogens with zero attached hydrogens (tertiary/aromatic N) is 2. The van der Waals surface area contributed by atoms with Crippen molar-refractivity contribution in [2.45, 2.75) is 70.7 Å². The summed E-state index contributed by atoms with van der Waals surface area (Å²) in [6, 6.07) is 5.30. The summed E-state index contributed by atoms with van der Waals surface area (Å²) in [5, 5.41) is 0. The molecule has 0 aromatic heterocycles. The zero-order chi connectivity index (χ0) is 20.5. The summed E-state index contributed by atoms with van der Waals surface area (Å²) in [4.78, 5) is 15.7.